The van der Waals surface area contributed by atoms with Crippen LogP contribution >= 0.6 is 11.3 Å². The molecule has 0 saturated carbocycles. The van der Waals surface area contributed by atoms with Gasteiger partial charge in [-0.05, 0) is 36.8 Å². The first kappa shape index (κ1) is 17.4. The largest absolute Gasteiger partial charge is 0.454 e. The number of benzene rings is 1. The van der Waals surface area contributed by atoms with Crippen molar-refractivity contribution in [3.8, 4) is 0 Å². The molecule has 7 heteroatoms. The van der Waals surface area contributed by atoms with E-state index in [-0.39, 0.29) is 23.7 Å². The number of ether oxygens (including phenoxy) is 1. The van der Waals surface area contributed by atoms with Crippen molar-refractivity contribution in [2.75, 3.05) is 12.9 Å². The molecule has 1 aromatic carbocycles. The molecule has 1 heterocycles. The molecular formula is C16H16O5S2. The molecule has 0 spiro atoms. The highest BCUT2D eigenvalue weighted by molar-refractivity contribution is 7.89. The highest BCUT2D eigenvalue weighted by Gasteiger charge is 2.13. The molecule has 5 nitrogen and oxygen atoms in total. The SMILES string of the molecule is Cc1ccc(C(=O)COC(=O)c2ccc(CS(C)(=O)=O)cc2)s1. The fraction of sp³-hybridized carbons (Fsp3) is 0.250. The Morgan fingerprint density at radius 2 is 1.74 bits per heavy atom. The van der Waals surface area contributed by atoms with Crippen molar-refractivity contribution in [3.05, 3.63) is 57.3 Å². The van der Waals surface area contributed by atoms with Gasteiger partial charge in [0.25, 0.3) is 0 Å². The third-order valence-electron chi connectivity index (χ3n) is 2.97. The van der Waals surface area contributed by atoms with E-state index in [4.69, 9.17) is 4.74 Å². The molecule has 0 bridgehead atoms. The molecule has 0 atom stereocenters. The summed E-state index contributed by atoms with van der Waals surface area (Å²) < 4.78 is 27.4. The van der Waals surface area contributed by atoms with Crippen molar-refractivity contribution in [3.63, 3.8) is 0 Å². The predicted molar refractivity (Wildman–Crippen MR) is 88.7 cm³/mol. The third kappa shape index (κ3) is 5.30. The van der Waals surface area contributed by atoms with E-state index in [9.17, 15) is 18.0 Å². The average Bonchev–Trinajstić information content (AvgIpc) is 2.90. The number of carbonyl (C=O) groups is 2. The first-order valence-electron chi connectivity index (χ1n) is 6.78. The van der Waals surface area contributed by atoms with Gasteiger partial charge in [0.15, 0.2) is 16.4 Å². The maximum atomic E-state index is 11.9. The second-order valence-corrected chi connectivity index (χ2v) is 8.60. The van der Waals surface area contributed by atoms with Gasteiger partial charge in [0, 0.05) is 11.1 Å². The van der Waals surface area contributed by atoms with Crippen LogP contribution in [0.2, 0.25) is 0 Å². The van der Waals surface area contributed by atoms with Gasteiger partial charge in [0.05, 0.1) is 16.2 Å². The van der Waals surface area contributed by atoms with Gasteiger partial charge in [0.1, 0.15) is 0 Å². The normalized spacial score (nSPS) is 11.2. The number of Topliss-reactive ketones (excluding diaryl/α,β-unsaturated/α-hetero) is 1. The Morgan fingerprint density at radius 1 is 1.09 bits per heavy atom. The number of hydrogen-bond donors (Lipinski definition) is 0. The van der Waals surface area contributed by atoms with Crippen LogP contribution < -0.4 is 0 Å². The molecule has 0 amide bonds. The first-order chi connectivity index (χ1) is 10.7. The van der Waals surface area contributed by atoms with E-state index in [2.05, 4.69) is 0 Å². The Bertz CT molecular complexity index is 816. The van der Waals surface area contributed by atoms with Crippen LogP contribution in [0.25, 0.3) is 0 Å². The minimum Gasteiger partial charge on any atom is -0.454 e. The third-order valence-corrected chi connectivity index (χ3v) is 4.87. The highest BCUT2D eigenvalue weighted by Crippen LogP contribution is 2.16. The van der Waals surface area contributed by atoms with E-state index in [1.165, 1.54) is 23.5 Å². The van der Waals surface area contributed by atoms with Crippen molar-refractivity contribution in [2.24, 2.45) is 0 Å². The van der Waals surface area contributed by atoms with E-state index in [0.717, 1.165) is 11.1 Å². The quantitative estimate of drug-likeness (QED) is 0.590. The summed E-state index contributed by atoms with van der Waals surface area (Å²) in [5.41, 5.74) is 0.867. The van der Waals surface area contributed by atoms with Gasteiger partial charge >= 0.3 is 5.97 Å². The number of esters is 1. The van der Waals surface area contributed by atoms with Crippen LogP contribution in [-0.2, 0) is 20.3 Å². The Hall–Kier alpha value is -1.99. The molecule has 1 aromatic heterocycles. The van der Waals surface area contributed by atoms with Crippen LogP contribution in [0.1, 0.15) is 30.5 Å². The van der Waals surface area contributed by atoms with Crippen LogP contribution in [0.3, 0.4) is 0 Å². The summed E-state index contributed by atoms with van der Waals surface area (Å²) in [6.07, 6.45) is 1.15. The topological polar surface area (TPSA) is 77.5 Å². The second-order valence-electron chi connectivity index (χ2n) is 5.18. The molecular weight excluding hydrogens is 336 g/mol. The Morgan fingerprint density at radius 3 is 2.26 bits per heavy atom. The Balaban J connectivity index is 1.94. The number of carbonyl (C=O) groups excluding carboxylic acids is 2. The molecule has 0 aliphatic rings. The molecule has 122 valence electrons. The van der Waals surface area contributed by atoms with E-state index in [0.29, 0.717) is 10.4 Å². The summed E-state index contributed by atoms with van der Waals surface area (Å²) in [6, 6.07) is 9.63. The maximum Gasteiger partial charge on any atom is 0.338 e. The molecule has 0 aliphatic carbocycles. The molecule has 0 unspecified atom stereocenters. The number of ketones is 1. The zero-order valence-corrected chi connectivity index (χ0v) is 14.4. The minimum absolute atomic E-state index is 0.0848. The van der Waals surface area contributed by atoms with Gasteiger partial charge in [-0.3, -0.25) is 4.79 Å². The van der Waals surface area contributed by atoms with Gasteiger partial charge in [-0.15, -0.1) is 11.3 Å². The van der Waals surface area contributed by atoms with Gasteiger partial charge in [-0.1, -0.05) is 12.1 Å². The monoisotopic (exact) mass is 352 g/mol. The molecule has 0 aliphatic heterocycles. The lowest BCUT2D eigenvalue weighted by Crippen LogP contribution is -2.13. The van der Waals surface area contributed by atoms with Crippen molar-refractivity contribution in [2.45, 2.75) is 12.7 Å². The molecule has 2 aromatic rings. The smallest absolute Gasteiger partial charge is 0.338 e. The van der Waals surface area contributed by atoms with E-state index >= 15 is 0 Å². The molecule has 0 N–H and O–H groups in total. The van der Waals surface area contributed by atoms with Crippen molar-refractivity contribution >= 4 is 32.9 Å². The minimum atomic E-state index is -3.12. The fourth-order valence-corrected chi connectivity index (χ4v) is 3.50. The lowest BCUT2D eigenvalue weighted by Gasteiger charge is -2.05. The molecule has 0 saturated heterocycles. The van der Waals surface area contributed by atoms with E-state index < -0.39 is 15.8 Å². The van der Waals surface area contributed by atoms with Crippen molar-refractivity contribution in [1.29, 1.82) is 0 Å². The number of rotatable bonds is 6. The molecule has 2 rings (SSSR count). The summed E-state index contributed by atoms with van der Waals surface area (Å²) in [4.78, 5) is 25.3. The van der Waals surface area contributed by atoms with E-state index in [1.54, 1.807) is 18.2 Å². The van der Waals surface area contributed by atoms with E-state index in [1.807, 2.05) is 13.0 Å². The van der Waals surface area contributed by atoms with Gasteiger partial charge in [-0.2, -0.15) is 0 Å². The zero-order chi connectivity index (χ0) is 17.0. The van der Waals surface area contributed by atoms with Gasteiger partial charge < -0.3 is 4.74 Å². The highest BCUT2D eigenvalue weighted by atomic mass is 32.2. The average molecular weight is 352 g/mol. The fourth-order valence-electron chi connectivity index (χ4n) is 1.91. The lowest BCUT2D eigenvalue weighted by atomic mass is 10.1. The summed E-state index contributed by atoms with van der Waals surface area (Å²) in [5, 5.41) is 0. The lowest BCUT2D eigenvalue weighted by molar-refractivity contribution is 0.0476. The van der Waals surface area contributed by atoms with Gasteiger partial charge in [-0.25, -0.2) is 13.2 Å². The van der Waals surface area contributed by atoms with Crippen LogP contribution in [0.15, 0.2) is 36.4 Å². The van der Waals surface area contributed by atoms with Crippen LogP contribution in [0.4, 0.5) is 0 Å². The number of aryl methyl sites for hydroxylation is 1. The summed E-state index contributed by atoms with van der Waals surface area (Å²) in [6.45, 7) is 1.58. The maximum absolute atomic E-state index is 11.9. The summed E-state index contributed by atoms with van der Waals surface area (Å²) in [5.74, 6) is -0.943. The van der Waals surface area contributed by atoms with Crippen molar-refractivity contribution < 1.29 is 22.7 Å². The van der Waals surface area contributed by atoms with Crippen molar-refractivity contribution in [1.82, 2.24) is 0 Å². The first-order valence-corrected chi connectivity index (χ1v) is 9.66. The molecule has 0 radical (unpaired) electrons. The molecule has 0 fully saturated rings. The van der Waals surface area contributed by atoms with Crippen LogP contribution in [0.5, 0.6) is 0 Å². The van der Waals surface area contributed by atoms with Crippen LogP contribution in [0, 0.1) is 6.92 Å². The van der Waals surface area contributed by atoms with Crippen LogP contribution in [-0.4, -0.2) is 33.0 Å². The standard InChI is InChI=1S/C16H16O5S2/c1-11-3-8-15(22-11)14(17)9-21-16(18)13-6-4-12(5-7-13)10-23(2,19)20/h3-8H,9-10H2,1-2H3. The van der Waals surface area contributed by atoms with Gasteiger partial charge in [0.2, 0.25) is 5.78 Å². The predicted octanol–water partition coefficient (Wildman–Crippen LogP) is 2.64. The zero-order valence-electron chi connectivity index (χ0n) is 12.7. The number of thiophene rings is 1. The number of hydrogen-bond acceptors (Lipinski definition) is 6. The summed E-state index contributed by atoms with van der Waals surface area (Å²) >= 11 is 1.35. The summed E-state index contributed by atoms with van der Waals surface area (Å²) in [7, 11) is -3.12. The molecule has 23 heavy (non-hydrogen) atoms. The second kappa shape index (κ2) is 7.06. The Labute approximate surface area is 138 Å². The Kier molecular flexibility index (Phi) is 5.33. The number of sulfone groups is 1.